The van der Waals surface area contributed by atoms with Crippen molar-refractivity contribution in [2.75, 3.05) is 6.54 Å². The van der Waals surface area contributed by atoms with Gasteiger partial charge in [0, 0.05) is 35.9 Å². The zero-order valence-corrected chi connectivity index (χ0v) is 12.7. The highest BCUT2D eigenvalue weighted by Crippen LogP contribution is 2.22. The van der Waals surface area contributed by atoms with Gasteiger partial charge in [0.1, 0.15) is 0 Å². The van der Waals surface area contributed by atoms with Gasteiger partial charge < -0.3 is 10.4 Å². The second-order valence-corrected chi connectivity index (χ2v) is 5.56. The fraction of sp³-hybridized carbons (Fsp3) is 0.357. The number of nitrogens with zero attached hydrogens (tertiary/aromatic N) is 2. The maximum atomic E-state index is 12.2. The van der Waals surface area contributed by atoms with Crippen LogP contribution in [0.1, 0.15) is 34.6 Å². The maximum absolute atomic E-state index is 12.2. The van der Waals surface area contributed by atoms with E-state index in [-0.39, 0.29) is 12.3 Å². The topological polar surface area (TPSA) is 84.2 Å². The first-order valence-electron chi connectivity index (χ1n) is 6.59. The zero-order valence-electron chi connectivity index (χ0n) is 11.9. The molecule has 0 aliphatic rings. The molecule has 0 unspecified atom stereocenters. The van der Waals surface area contributed by atoms with E-state index in [1.54, 1.807) is 6.20 Å². The van der Waals surface area contributed by atoms with Gasteiger partial charge in [-0.1, -0.05) is 0 Å². The standard InChI is InChI=1S/C14H17N3O3S/c1-9-8-11(13(20)15-5-3-4-12(18)19)10(2)17(9)14-16-6-7-21-14/h6-8H,3-5H2,1-2H3,(H,15,20)(H,18,19). The Labute approximate surface area is 126 Å². The number of rotatable bonds is 6. The number of thiazole rings is 1. The molecular weight excluding hydrogens is 290 g/mol. The lowest BCUT2D eigenvalue weighted by atomic mass is 10.2. The Morgan fingerprint density at radius 2 is 2.19 bits per heavy atom. The van der Waals surface area contributed by atoms with Crippen molar-refractivity contribution < 1.29 is 14.7 Å². The molecule has 0 saturated heterocycles. The number of carboxylic acids is 1. The summed E-state index contributed by atoms with van der Waals surface area (Å²) in [7, 11) is 0. The van der Waals surface area contributed by atoms with Gasteiger partial charge in [-0.15, -0.1) is 11.3 Å². The normalized spacial score (nSPS) is 10.6. The molecule has 6 nitrogen and oxygen atoms in total. The molecule has 0 aliphatic carbocycles. The average Bonchev–Trinajstić information content (AvgIpc) is 3.02. The largest absolute Gasteiger partial charge is 0.481 e. The molecule has 2 heterocycles. The lowest BCUT2D eigenvalue weighted by Crippen LogP contribution is -2.25. The Kier molecular flexibility index (Phi) is 4.74. The van der Waals surface area contributed by atoms with Crippen LogP contribution in [0.15, 0.2) is 17.6 Å². The van der Waals surface area contributed by atoms with Crippen molar-refractivity contribution in [3.63, 3.8) is 0 Å². The summed E-state index contributed by atoms with van der Waals surface area (Å²) in [6, 6.07) is 1.82. The second kappa shape index (κ2) is 6.53. The highest BCUT2D eigenvalue weighted by Gasteiger charge is 2.17. The molecule has 1 amide bonds. The van der Waals surface area contributed by atoms with Crippen molar-refractivity contribution in [2.45, 2.75) is 26.7 Å². The van der Waals surface area contributed by atoms with Gasteiger partial charge >= 0.3 is 5.97 Å². The SMILES string of the molecule is Cc1cc(C(=O)NCCCC(=O)O)c(C)n1-c1nccs1. The summed E-state index contributed by atoms with van der Waals surface area (Å²) in [5.74, 6) is -1.04. The summed E-state index contributed by atoms with van der Waals surface area (Å²) >= 11 is 1.51. The van der Waals surface area contributed by atoms with Crippen LogP contribution < -0.4 is 5.32 Å². The number of nitrogens with one attached hydrogen (secondary N) is 1. The minimum absolute atomic E-state index is 0.0540. The molecule has 0 bridgehead atoms. The molecule has 0 atom stereocenters. The zero-order chi connectivity index (χ0) is 15.4. The molecule has 0 radical (unpaired) electrons. The Morgan fingerprint density at radius 3 is 2.81 bits per heavy atom. The van der Waals surface area contributed by atoms with E-state index >= 15 is 0 Å². The highest BCUT2D eigenvalue weighted by molar-refractivity contribution is 7.12. The van der Waals surface area contributed by atoms with Crippen LogP contribution in [0.25, 0.3) is 5.13 Å². The van der Waals surface area contributed by atoms with E-state index < -0.39 is 5.97 Å². The number of carbonyl (C=O) groups excluding carboxylic acids is 1. The predicted molar refractivity (Wildman–Crippen MR) is 80.1 cm³/mol. The lowest BCUT2D eigenvalue weighted by molar-refractivity contribution is -0.137. The Bertz CT molecular complexity index is 647. The first kappa shape index (κ1) is 15.2. The van der Waals surface area contributed by atoms with Crippen molar-refractivity contribution >= 4 is 23.2 Å². The fourth-order valence-electron chi connectivity index (χ4n) is 2.15. The third-order valence-corrected chi connectivity index (χ3v) is 3.90. The predicted octanol–water partition coefficient (Wildman–Crippen LogP) is 2.15. The van der Waals surface area contributed by atoms with E-state index in [1.807, 2.05) is 29.9 Å². The molecule has 2 aromatic rings. The quantitative estimate of drug-likeness (QED) is 0.801. The van der Waals surface area contributed by atoms with Crippen LogP contribution in [0, 0.1) is 13.8 Å². The van der Waals surface area contributed by atoms with Gasteiger partial charge in [-0.2, -0.15) is 0 Å². The summed E-state index contributed by atoms with van der Waals surface area (Å²) in [5, 5.41) is 14.0. The van der Waals surface area contributed by atoms with Crippen LogP contribution in [0.2, 0.25) is 0 Å². The molecule has 7 heteroatoms. The van der Waals surface area contributed by atoms with Gasteiger partial charge in [-0.3, -0.25) is 14.2 Å². The molecule has 2 N–H and O–H groups in total. The van der Waals surface area contributed by atoms with Crippen molar-refractivity contribution in [1.29, 1.82) is 0 Å². The first-order valence-corrected chi connectivity index (χ1v) is 7.47. The van der Waals surface area contributed by atoms with E-state index in [1.165, 1.54) is 11.3 Å². The molecule has 0 spiro atoms. The number of aliphatic carboxylic acids is 1. The third-order valence-electron chi connectivity index (χ3n) is 3.14. The molecule has 0 aromatic carbocycles. The lowest BCUT2D eigenvalue weighted by Gasteiger charge is -2.06. The summed E-state index contributed by atoms with van der Waals surface area (Å²) in [5.41, 5.74) is 2.37. The number of carbonyl (C=O) groups is 2. The Morgan fingerprint density at radius 1 is 1.43 bits per heavy atom. The van der Waals surface area contributed by atoms with Gasteiger partial charge in [0.2, 0.25) is 0 Å². The van der Waals surface area contributed by atoms with Gasteiger partial charge in [0.05, 0.1) is 5.56 Å². The van der Waals surface area contributed by atoms with E-state index in [0.29, 0.717) is 18.5 Å². The highest BCUT2D eigenvalue weighted by atomic mass is 32.1. The summed E-state index contributed by atoms with van der Waals surface area (Å²) in [6.07, 6.45) is 2.20. The second-order valence-electron chi connectivity index (χ2n) is 4.69. The van der Waals surface area contributed by atoms with Crippen LogP contribution in [0.4, 0.5) is 0 Å². The molecular formula is C14H17N3O3S. The third kappa shape index (κ3) is 3.49. The van der Waals surface area contributed by atoms with Gasteiger partial charge in [0.25, 0.3) is 5.91 Å². The number of aryl methyl sites for hydroxylation is 1. The van der Waals surface area contributed by atoms with Crippen LogP contribution in [-0.4, -0.2) is 33.1 Å². The number of hydrogen-bond donors (Lipinski definition) is 2. The maximum Gasteiger partial charge on any atom is 0.303 e. The van der Waals surface area contributed by atoms with Gasteiger partial charge in [0.15, 0.2) is 5.13 Å². The van der Waals surface area contributed by atoms with Crippen LogP contribution in [-0.2, 0) is 4.79 Å². The van der Waals surface area contributed by atoms with Crippen LogP contribution in [0.3, 0.4) is 0 Å². The molecule has 0 aliphatic heterocycles. The average molecular weight is 307 g/mol. The number of hydrogen-bond acceptors (Lipinski definition) is 4. The Hall–Kier alpha value is -2.15. The van der Waals surface area contributed by atoms with E-state index in [4.69, 9.17) is 5.11 Å². The minimum atomic E-state index is -0.855. The smallest absolute Gasteiger partial charge is 0.303 e. The molecule has 21 heavy (non-hydrogen) atoms. The fourth-order valence-corrected chi connectivity index (χ4v) is 2.90. The van der Waals surface area contributed by atoms with E-state index in [9.17, 15) is 9.59 Å². The molecule has 2 aromatic heterocycles. The summed E-state index contributed by atoms with van der Waals surface area (Å²) < 4.78 is 1.94. The number of aromatic nitrogens is 2. The molecule has 0 saturated carbocycles. The van der Waals surface area contributed by atoms with Crippen molar-refractivity contribution in [1.82, 2.24) is 14.9 Å². The van der Waals surface area contributed by atoms with Gasteiger partial charge in [-0.05, 0) is 26.3 Å². The summed E-state index contributed by atoms with van der Waals surface area (Å²) in [4.78, 5) is 26.8. The minimum Gasteiger partial charge on any atom is -0.481 e. The van der Waals surface area contributed by atoms with Gasteiger partial charge in [-0.25, -0.2) is 4.98 Å². The number of carboxylic acid groups (broad SMARTS) is 1. The van der Waals surface area contributed by atoms with Crippen molar-refractivity contribution in [2.24, 2.45) is 0 Å². The summed E-state index contributed by atoms with van der Waals surface area (Å²) in [6.45, 7) is 4.15. The van der Waals surface area contributed by atoms with Crippen molar-refractivity contribution in [3.8, 4) is 5.13 Å². The molecule has 112 valence electrons. The van der Waals surface area contributed by atoms with E-state index in [0.717, 1.165) is 16.5 Å². The van der Waals surface area contributed by atoms with Crippen LogP contribution in [0.5, 0.6) is 0 Å². The first-order chi connectivity index (χ1) is 10.0. The van der Waals surface area contributed by atoms with Crippen LogP contribution >= 0.6 is 11.3 Å². The van der Waals surface area contributed by atoms with E-state index in [2.05, 4.69) is 10.3 Å². The monoisotopic (exact) mass is 307 g/mol. The number of amides is 1. The molecule has 0 fully saturated rings. The molecule has 2 rings (SSSR count). The van der Waals surface area contributed by atoms with Crippen molar-refractivity contribution in [3.05, 3.63) is 34.6 Å². The Balaban J connectivity index is 2.09.